The summed E-state index contributed by atoms with van der Waals surface area (Å²) in [5, 5.41) is 11.7. The number of nitrogens with two attached hydrogens (primary N) is 1. The van der Waals surface area contributed by atoms with E-state index in [9.17, 15) is 27.5 Å². The Labute approximate surface area is 107 Å². The SMILES string of the molecule is C/C(=N\N)c1c(O)c2c(F)c(F)c(F)c(F)c2oc1=O. The molecule has 2 aromatic rings. The summed E-state index contributed by atoms with van der Waals surface area (Å²) in [7, 11) is 0. The Balaban J connectivity index is 3.12. The van der Waals surface area contributed by atoms with E-state index in [4.69, 9.17) is 5.84 Å². The highest BCUT2D eigenvalue weighted by atomic mass is 19.2. The lowest BCUT2D eigenvalue weighted by Gasteiger charge is -2.08. The van der Waals surface area contributed by atoms with Crippen molar-refractivity contribution < 1.29 is 27.1 Å². The fraction of sp³-hybridized carbons (Fsp3) is 0.0909. The van der Waals surface area contributed by atoms with Gasteiger partial charge >= 0.3 is 5.63 Å². The lowest BCUT2D eigenvalue weighted by Crippen LogP contribution is -2.15. The minimum atomic E-state index is -2.16. The van der Waals surface area contributed by atoms with E-state index < -0.39 is 51.2 Å². The van der Waals surface area contributed by atoms with Crippen molar-refractivity contribution in [1.82, 2.24) is 0 Å². The van der Waals surface area contributed by atoms with Crippen LogP contribution in [0.1, 0.15) is 12.5 Å². The topological polar surface area (TPSA) is 88.8 Å². The molecule has 0 aliphatic heterocycles. The largest absolute Gasteiger partial charge is 0.506 e. The van der Waals surface area contributed by atoms with E-state index >= 15 is 0 Å². The molecule has 0 atom stereocenters. The van der Waals surface area contributed by atoms with Gasteiger partial charge in [0.05, 0.1) is 5.71 Å². The zero-order valence-electron chi connectivity index (χ0n) is 9.80. The number of halogens is 4. The van der Waals surface area contributed by atoms with E-state index in [-0.39, 0.29) is 5.71 Å². The Bertz CT molecular complexity index is 814. The van der Waals surface area contributed by atoms with Gasteiger partial charge in [0.1, 0.15) is 16.7 Å². The molecule has 1 aromatic carbocycles. The molecule has 106 valence electrons. The number of nitrogens with zero attached hydrogens (tertiary/aromatic N) is 1. The third-order valence-corrected chi connectivity index (χ3v) is 2.65. The minimum Gasteiger partial charge on any atom is -0.506 e. The highest BCUT2D eigenvalue weighted by Gasteiger charge is 2.28. The summed E-state index contributed by atoms with van der Waals surface area (Å²) in [5.41, 5.74) is -3.50. The maximum Gasteiger partial charge on any atom is 0.349 e. The van der Waals surface area contributed by atoms with Gasteiger partial charge in [-0.05, 0) is 6.92 Å². The molecule has 5 nitrogen and oxygen atoms in total. The van der Waals surface area contributed by atoms with Gasteiger partial charge < -0.3 is 15.4 Å². The van der Waals surface area contributed by atoms with Gasteiger partial charge in [-0.3, -0.25) is 0 Å². The van der Waals surface area contributed by atoms with Gasteiger partial charge in [-0.2, -0.15) is 9.49 Å². The van der Waals surface area contributed by atoms with Crippen LogP contribution in [0.5, 0.6) is 5.75 Å². The number of rotatable bonds is 1. The monoisotopic (exact) mass is 290 g/mol. The maximum absolute atomic E-state index is 13.6. The predicted octanol–water partition coefficient (Wildman–Crippen LogP) is 1.74. The fourth-order valence-electron chi connectivity index (χ4n) is 1.67. The van der Waals surface area contributed by atoms with E-state index in [1.807, 2.05) is 0 Å². The summed E-state index contributed by atoms with van der Waals surface area (Å²) < 4.78 is 57.6. The molecule has 0 aliphatic carbocycles. The van der Waals surface area contributed by atoms with Crippen LogP contribution in [0.15, 0.2) is 14.3 Å². The first-order valence-corrected chi connectivity index (χ1v) is 5.07. The standard InChI is InChI=1S/C11H6F4N2O3/c1-2(17-16)3-9(18)4-5(12)6(13)7(14)8(15)10(4)20-11(3)19/h18H,16H2,1H3/b17-2+. The molecule has 0 unspecified atom stereocenters. The second kappa shape index (κ2) is 4.51. The number of hydrogen-bond donors (Lipinski definition) is 2. The second-order valence-corrected chi connectivity index (χ2v) is 3.79. The van der Waals surface area contributed by atoms with E-state index in [0.29, 0.717) is 0 Å². The first kappa shape index (κ1) is 13.8. The van der Waals surface area contributed by atoms with Gasteiger partial charge in [0.15, 0.2) is 17.2 Å². The molecule has 0 saturated carbocycles. The molecule has 1 heterocycles. The zero-order valence-corrected chi connectivity index (χ0v) is 9.80. The van der Waals surface area contributed by atoms with Crippen molar-refractivity contribution in [1.29, 1.82) is 0 Å². The van der Waals surface area contributed by atoms with E-state index in [0.717, 1.165) is 0 Å². The Hall–Kier alpha value is -2.58. The lowest BCUT2D eigenvalue weighted by molar-refractivity contribution is 0.398. The van der Waals surface area contributed by atoms with Gasteiger partial charge in [-0.25, -0.2) is 18.0 Å². The summed E-state index contributed by atoms with van der Waals surface area (Å²) in [6.07, 6.45) is 0. The van der Waals surface area contributed by atoms with Crippen molar-refractivity contribution >= 4 is 16.7 Å². The first-order chi connectivity index (χ1) is 9.31. The van der Waals surface area contributed by atoms with Crippen molar-refractivity contribution in [2.24, 2.45) is 10.9 Å². The van der Waals surface area contributed by atoms with Crippen LogP contribution in [0.4, 0.5) is 17.6 Å². The van der Waals surface area contributed by atoms with Crippen LogP contribution in [-0.2, 0) is 0 Å². The maximum atomic E-state index is 13.6. The predicted molar refractivity (Wildman–Crippen MR) is 60.4 cm³/mol. The molecule has 0 fully saturated rings. The van der Waals surface area contributed by atoms with Crippen LogP contribution in [0.3, 0.4) is 0 Å². The molecule has 0 saturated heterocycles. The van der Waals surface area contributed by atoms with E-state index in [2.05, 4.69) is 9.52 Å². The van der Waals surface area contributed by atoms with Crippen molar-refractivity contribution in [3.8, 4) is 5.75 Å². The molecule has 0 spiro atoms. The number of hydrogen-bond acceptors (Lipinski definition) is 5. The Morgan fingerprint density at radius 3 is 2.25 bits per heavy atom. The normalized spacial score (nSPS) is 12.2. The lowest BCUT2D eigenvalue weighted by atomic mass is 10.1. The average Bonchev–Trinajstić information content (AvgIpc) is 2.41. The molecule has 9 heteroatoms. The van der Waals surface area contributed by atoms with E-state index in [1.54, 1.807) is 0 Å². The molecular formula is C11H6F4N2O3. The van der Waals surface area contributed by atoms with Crippen LogP contribution in [0.2, 0.25) is 0 Å². The molecule has 2 rings (SSSR count). The fourth-order valence-corrected chi connectivity index (χ4v) is 1.67. The molecule has 0 bridgehead atoms. The minimum absolute atomic E-state index is 0.261. The van der Waals surface area contributed by atoms with Crippen molar-refractivity contribution in [2.75, 3.05) is 0 Å². The first-order valence-electron chi connectivity index (χ1n) is 5.07. The molecule has 0 aliphatic rings. The van der Waals surface area contributed by atoms with Gasteiger partial charge in [0.25, 0.3) is 0 Å². The number of aromatic hydroxyl groups is 1. The Morgan fingerprint density at radius 1 is 1.15 bits per heavy atom. The van der Waals surface area contributed by atoms with Crippen LogP contribution in [0.25, 0.3) is 11.0 Å². The van der Waals surface area contributed by atoms with Crippen molar-refractivity contribution in [3.05, 3.63) is 39.3 Å². The Kier molecular flexibility index (Phi) is 3.12. The van der Waals surface area contributed by atoms with Crippen molar-refractivity contribution in [3.63, 3.8) is 0 Å². The van der Waals surface area contributed by atoms with Crippen molar-refractivity contribution in [2.45, 2.75) is 6.92 Å². The summed E-state index contributed by atoms with van der Waals surface area (Å²) in [5.74, 6) is -4.37. The number of hydrazone groups is 1. The molecule has 1 aromatic heterocycles. The van der Waals surface area contributed by atoms with Crippen LogP contribution < -0.4 is 11.5 Å². The molecular weight excluding hydrogens is 284 g/mol. The number of fused-ring (bicyclic) bond motifs is 1. The third-order valence-electron chi connectivity index (χ3n) is 2.65. The summed E-state index contributed by atoms with van der Waals surface area (Å²) in [4.78, 5) is 11.5. The van der Waals surface area contributed by atoms with Crippen LogP contribution >= 0.6 is 0 Å². The molecule has 0 amide bonds. The van der Waals surface area contributed by atoms with Crippen LogP contribution in [0, 0.1) is 23.3 Å². The van der Waals surface area contributed by atoms with Gasteiger partial charge in [-0.1, -0.05) is 0 Å². The summed E-state index contributed by atoms with van der Waals surface area (Å²) in [6.45, 7) is 1.17. The summed E-state index contributed by atoms with van der Waals surface area (Å²) >= 11 is 0. The van der Waals surface area contributed by atoms with E-state index in [1.165, 1.54) is 6.92 Å². The quantitative estimate of drug-likeness (QED) is 0.159. The van der Waals surface area contributed by atoms with Gasteiger partial charge in [0, 0.05) is 0 Å². The number of benzene rings is 1. The second-order valence-electron chi connectivity index (χ2n) is 3.79. The molecule has 20 heavy (non-hydrogen) atoms. The average molecular weight is 290 g/mol. The highest BCUT2D eigenvalue weighted by molar-refractivity contribution is 6.04. The summed E-state index contributed by atoms with van der Waals surface area (Å²) in [6, 6.07) is 0. The van der Waals surface area contributed by atoms with Gasteiger partial charge in [-0.15, -0.1) is 0 Å². The van der Waals surface area contributed by atoms with Crippen LogP contribution in [-0.4, -0.2) is 10.8 Å². The third kappa shape index (κ3) is 1.70. The zero-order chi connectivity index (χ0) is 15.2. The smallest absolute Gasteiger partial charge is 0.349 e. The molecule has 0 radical (unpaired) electrons. The Morgan fingerprint density at radius 2 is 1.70 bits per heavy atom. The molecule has 3 N–H and O–H groups in total. The highest BCUT2D eigenvalue weighted by Crippen LogP contribution is 2.33. The van der Waals surface area contributed by atoms with Gasteiger partial charge in [0.2, 0.25) is 11.6 Å².